The van der Waals surface area contributed by atoms with Crippen LogP contribution in [0.5, 0.6) is 0 Å². The monoisotopic (exact) mass is 1040 g/mol. The van der Waals surface area contributed by atoms with Gasteiger partial charge in [-0.3, -0.25) is 13.8 Å². The van der Waals surface area contributed by atoms with Crippen LogP contribution in [0.15, 0.2) is 0 Å². The number of aliphatic hydroxyl groups is 7. The Labute approximate surface area is 434 Å². The molecule has 424 valence electrons. The van der Waals surface area contributed by atoms with E-state index in [4.69, 9.17) is 9.05 Å². The van der Waals surface area contributed by atoms with Crippen molar-refractivity contribution < 1.29 is 59.0 Å². The molecule has 8 atom stereocenters. The molecule has 1 rings (SSSR count). The van der Waals surface area contributed by atoms with Crippen molar-refractivity contribution in [2.75, 3.05) is 6.61 Å². The first-order valence-electron chi connectivity index (χ1n) is 30.1. The summed E-state index contributed by atoms with van der Waals surface area (Å²) in [6.07, 6.45) is 40.5. The number of phosphoric acid groups is 1. The Morgan fingerprint density at radius 2 is 0.704 bits per heavy atom. The minimum Gasteiger partial charge on any atom is -0.393 e. The number of unbranched alkanes of at least 4 members (excludes halogenated alkanes) is 39. The summed E-state index contributed by atoms with van der Waals surface area (Å²) in [5, 5.41) is 74.2. The van der Waals surface area contributed by atoms with Gasteiger partial charge in [0.2, 0.25) is 5.91 Å². The molecule has 14 heteroatoms. The summed E-state index contributed by atoms with van der Waals surface area (Å²) in [7, 11) is -5.10. The Balaban J connectivity index is 1.99. The van der Waals surface area contributed by atoms with E-state index in [-0.39, 0.29) is 12.8 Å². The Hall–Kier alpha value is -0.700. The molecule has 1 saturated carbocycles. The Kier molecular flexibility index (Phi) is 44.8. The average Bonchev–Trinajstić information content (AvgIpc) is 3.35. The van der Waals surface area contributed by atoms with Crippen molar-refractivity contribution in [1.29, 1.82) is 0 Å². The lowest BCUT2D eigenvalue weighted by Gasteiger charge is -2.41. The van der Waals surface area contributed by atoms with Crippen molar-refractivity contribution in [3.05, 3.63) is 0 Å². The molecule has 0 aliphatic heterocycles. The van der Waals surface area contributed by atoms with Gasteiger partial charge in [0.15, 0.2) is 0 Å². The molecule has 1 amide bonds. The molecule has 13 nitrogen and oxygen atoms in total. The number of phosphoric ester groups is 1. The number of amides is 1. The minimum absolute atomic E-state index is 0.218. The zero-order valence-electron chi connectivity index (χ0n) is 45.7. The number of nitrogens with one attached hydrogen (secondary N) is 1. The highest BCUT2D eigenvalue weighted by Crippen LogP contribution is 2.47. The summed E-state index contributed by atoms with van der Waals surface area (Å²) in [4.78, 5) is 23.3. The normalized spacial score (nSPS) is 21.5. The van der Waals surface area contributed by atoms with Gasteiger partial charge in [-0.05, 0) is 12.8 Å². The molecule has 0 spiro atoms. The van der Waals surface area contributed by atoms with Crippen LogP contribution in [-0.2, 0) is 18.4 Å². The molecule has 0 aromatic heterocycles. The Morgan fingerprint density at radius 1 is 0.437 bits per heavy atom. The van der Waals surface area contributed by atoms with Gasteiger partial charge in [-0.2, -0.15) is 0 Å². The number of hydrogen-bond acceptors (Lipinski definition) is 11. The van der Waals surface area contributed by atoms with E-state index >= 15 is 0 Å². The highest BCUT2D eigenvalue weighted by Gasteiger charge is 2.51. The summed E-state index contributed by atoms with van der Waals surface area (Å²) in [5.74, 6) is -0.563. The maximum atomic E-state index is 12.9. The predicted molar refractivity (Wildman–Crippen MR) is 289 cm³/mol. The van der Waals surface area contributed by atoms with Crippen LogP contribution in [0.2, 0.25) is 0 Å². The zero-order valence-corrected chi connectivity index (χ0v) is 46.6. The number of rotatable bonds is 52. The third kappa shape index (κ3) is 37.7. The van der Waals surface area contributed by atoms with E-state index in [0.717, 1.165) is 44.9 Å². The van der Waals surface area contributed by atoms with Crippen LogP contribution < -0.4 is 5.32 Å². The fourth-order valence-corrected chi connectivity index (χ4v) is 11.1. The molecule has 8 unspecified atom stereocenters. The first-order valence-corrected chi connectivity index (χ1v) is 31.6. The average molecular weight is 1040 g/mol. The topological polar surface area (TPSA) is 226 Å². The fourth-order valence-electron chi connectivity index (χ4n) is 10.1. The van der Waals surface area contributed by atoms with Crippen molar-refractivity contribution in [1.82, 2.24) is 5.32 Å². The SMILES string of the molecule is CCCCCCCCCCCCCCCCCCCCCCCCCCCCCCCCCCCCCCCC(O)CC(=O)NC(COP(=O)(O)OC1C(O)C(O)C(O)C(O)C1O)C(O)CCCCCC. The van der Waals surface area contributed by atoms with Crippen LogP contribution in [0.4, 0.5) is 0 Å². The molecule has 0 radical (unpaired) electrons. The Bertz CT molecular complexity index is 1220. The maximum absolute atomic E-state index is 12.9. The summed E-state index contributed by atoms with van der Waals surface area (Å²) in [6, 6.07) is -1.15. The number of carbonyl (C=O) groups is 1. The highest BCUT2D eigenvalue weighted by atomic mass is 31.2. The molecular formula is C57H114NO12P. The molecule has 0 saturated heterocycles. The first-order chi connectivity index (χ1) is 34.3. The van der Waals surface area contributed by atoms with E-state index < -0.39 is 75.2 Å². The van der Waals surface area contributed by atoms with Gasteiger partial charge in [0.25, 0.3) is 0 Å². The van der Waals surface area contributed by atoms with E-state index in [2.05, 4.69) is 12.2 Å². The second kappa shape index (κ2) is 46.6. The summed E-state index contributed by atoms with van der Waals surface area (Å²) >= 11 is 0. The fraction of sp³-hybridized carbons (Fsp3) is 0.982. The standard InChI is InChI=1S/C57H114NO12P/c1-3-5-7-9-10-11-12-13-14-15-16-17-18-19-20-21-22-23-24-25-26-27-28-29-30-31-32-33-34-35-36-37-38-39-40-41-42-44-48(59)46-51(61)58-49(50(60)45-43-8-6-4-2)47-69-71(67,68)70-57-55(65)53(63)52(62)54(64)56(57)66/h48-50,52-57,59-60,62-66H,3-47H2,1-2H3,(H,58,61)(H,67,68). The molecule has 71 heavy (non-hydrogen) atoms. The molecule has 0 aromatic carbocycles. The lowest BCUT2D eigenvalue weighted by molar-refractivity contribution is -0.220. The smallest absolute Gasteiger partial charge is 0.393 e. The van der Waals surface area contributed by atoms with Gasteiger partial charge in [-0.1, -0.05) is 277 Å². The molecule has 0 bridgehead atoms. The Morgan fingerprint density at radius 3 is 1.03 bits per heavy atom. The molecule has 1 aliphatic carbocycles. The van der Waals surface area contributed by atoms with Crippen LogP contribution in [0, 0.1) is 0 Å². The van der Waals surface area contributed by atoms with Crippen LogP contribution in [-0.4, -0.2) is 108 Å². The van der Waals surface area contributed by atoms with Gasteiger partial charge in [-0.25, -0.2) is 4.57 Å². The molecule has 0 heterocycles. The molecular weight excluding hydrogens is 922 g/mol. The number of aliphatic hydroxyl groups excluding tert-OH is 7. The van der Waals surface area contributed by atoms with Gasteiger partial charge >= 0.3 is 7.82 Å². The largest absolute Gasteiger partial charge is 0.472 e. The number of hydrogen-bond donors (Lipinski definition) is 9. The van der Waals surface area contributed by atoms with E-state index in [0.29, 0.717) is 12.8 Å². The molecule has 0 aromatic rings. The lowest BCUT2D eigenvalue weighted by Crippen LogP contribution is -2.64. The molecule has 1 aliphatic rings. The van der Waals surface area contributed by atoms with Crippen LogP contribution in [0.1, 0.15) is 296 Å². The van der Waals surface area contributed by atoms with Gasteiger partial charge in [-0.15, -0.1) is 0 Å². The molecule has 1 fully saturated rings. The van der Waals surface area contributed by atoms with Gasteiger partial charge in [0, 0.05) is 0 Å². The first kappa shape index (κ1) is 68.3. The van der Waals surface area contributed by atoms with Gasteiger partial charge < -0.3 is 46.0 Å². The summed E-state index contributed by atoms with van der Waals surface area (Å²) in [6.45, 7) is 3.66. The minimum atomic E-state index is -5.10. The zero-order chi connectivity index (χ0) is 52.2. The second-order valence-corrected chi connectivity index (χ2v) is 23.2. The van der Waals surface area contributed by atoms with Crippen LogP contribution in [0.3, 0.4) is 0 Å². The van der Waals surface area contributed by atoms with Gasteiger partial charge in [0.05, 0.1) is 31.3 Å². The van der Waals surface area contributed by atoms with E-state index in [9.17, 15) is 50.0 Å². The van der Waals surface area contributed by atoms with Crippen molar-refractivity contribution in [3.8, 4) is 0 Å². The summed E-state index contributed by atoms with van der Waals surface area (Å²) in [5.41, 5.74) is 0. The van der Waals surface area contributed by atoms with Crippen molar-refractivity contribution in [2.45, 2.75) is 351 Å². The quantitative estimate of drug-likeness (QED) is 0.0205. The lowest BCUT2D eigenvalue weighted by atomic mass is 9.85. The second-order valence-electron chi connectivity index (χ2n) is 21.8. The van der Waals surface area contributed by atoms with Crippen molar-refractivity contribution in [2.24, 2.45) is 0 Å². The highest BCUT2D eigenvalue weighted by molar-refractivity contribution is 7.47. The van der Waals surface area contributed by atoms with Crippen LogP contribution >= 0.6 is 7.82 Å². The van der Waals surface area contributed by atoms with Gasteiger partial charge in [0.1, 0.15) is 36.6 Å². The van der Waals surface area contributed by atoms with E-state index in [1.165, 1.54) is 212 Å². The number of carbonyl (C=O) groups excluding carboxylic acids is 1. The predicted octanol–water partition coefficient (Wildman–Crippen LogP) is 12.7. The van der Waals surface area contributed by atoms with Crippen LogP contribution in [0.25, 0.3) is 0 Å². The maximum Gasteiger partial charge on any atom is 0.472 e. The summed E-state index contributed by atoms with van der Waals surface area (Å²) < 4.78 is 22.7. The third-order valence-electron chi connectivity index (χ3n) is 15.0. The van der Waals surface area contributed by atoms with Crippen molar-refractivity contribution >= 4 is 13.7 Å². The van der Waals surface area contributed by atoms with Crippen molar-refractivity contribution in [3.63, 3.8) is 0 Å². The third-order valence-corrected chi connectivity index (χ3v) is 16.0. The molecule has 9 N–H and O–H groups in total. The van der Waals surface area contributed by atoms with E-state index in [1.54, 1.807) is 0 Å². The van der Waals surface area contributed by atoms with E-state index in [1.807, 2.05) is 6.92 Å².